The Bertz CT molecular complexity index is 813. The molecule has 2 rings (SSSR count). The summed E-state index contributed by atoms with van der Waals surface area (Å²) in [5.74, 6) is -1.48. The van der Waals surface area contributed by atoms with E-state index in [2.05, 4.69) is 5.32 Å². The summed E-state index contributed by atoms with van der Waals surface area (Å²) in [4.78, 5) is 22.5. The lowest BCUT2D eigenvalue weighted by Crippen LogP contribution is -2.24. The first-order valence-corrected chi connectivity index (χ1v) is 7.80. The highest BCUT2D eigenvalue weighted by atomic mass is 16.5. The molecule has 26 heavy (non-hydrogen) atoms. The van der Waals surface area contributed by atoms with E-state index in [0.29, 0.717) is 5.56 Å². The second-order valence-corrected chi connectivity index (χ2v) is 5.56. The monoisotopic (exact) mass is 357 g/mol. The van der Waals surface area contributed by atoms with Crippen molar-refractivity contribution < 1.29 is 29.6 Å². The van der Waals surface area contributed by atoms with Crippen LogP contribution < -0.4 is 10.1 Å². The normalized spacial score (nSPS) is 11.9. The van der Waals surface area contributed by atoms with Crippen LogP contribution in [0, 0.1) is 0 Å². The number of phenolic OH excluding ortho intramolecular Hbond substituents is 2. The van der Waals surface area contributed by atoms with Crippen LogP contribution in [0.2, 0.25) is 0 Å². The Hall–Kier alpha value is -3.48. The molecule has 4 N–H and O–H groups in total. The summed E-state index contributed by atoms with van der Waals surface area (Å²) in [6.45, 7) is 1.26. The summed E-state index contributed by atoms with van der Waals surface area (Å²) in [6, 6.07) is 10.7. The Morgan fingerprint density at radius 1 is 1.15 bits per heavy atom. The van der Waals surface area contributed by atoms with Crippen molar-refractivity contribution >= 4 is 18.0 Å². The molecule has 1 atom stereocenters. The number of ether oxygens (including phenoxy) is 1. The SMILES string of the molecule is CC(NC(=O)C=Cc1ccc(OCC(=O)O)c(O)c1)c1ccc(O)cc1. The predicted molar refractivity (Wildman–Crippen MR) is 94.9 cm³/mol. The minimum Gasteiger partial charge on any atom is -0.508 e. The van der Waals surface area contributed by atoms with Gasteiger partial charge >= 0.3 is 5.97 Å². The number of carboxylic acid groups (broad SMARTS) is 1. The summed E-state index contributed by atoms with van der Waals surface area (Å²) in [6.07, 6.45) is 2.84. The van der Waals surface area contributed by atoms with E-state index in [-0.39, 0.29) is 29.2 Å². The standard InChI is InChI=1S/C19H19NO6/c1-12(14-4-6-15(21)7-5-14)20-18(23)9-3-13-2-8-17(16(22)10-13)26-11-19(24)25/h2-10,12,21-22H,11H2,1H3,(H,20,23)(H,24,25). The molecule has 2 aromatic carbocycles. The fraction of sp³-hybridized carbons (Fsp3) is 0.158. The summed E-state index contributed by atoms with van der Waals surface area (Å²) in [5, 5.41) is 30.4. The zero-order valence-corrected chi connectivity index (χ0v) is 14.0. The molecule has 2 aromatic rings. The Labute approximate surface area is 150 Å². The van der Waals surface area contributed by atoms with Crippen LogP contribution in [-0.2, 0) is 9.59 Å². The number of benzene rings is 2. The molecule has 0 aliphatic carbocycles. The van der Waals surface area contributed by atoms with Crippen molar-refractivity contribution in [2.45, 2.75) is 13.0 Å². The lowest BCUT2D eigenvalue weighted by atomic mass is 10.1. The van der Waals surface area contributed by atoms with Gasteiger partial charge in [0.1, 0.15) is 5.75 Å². The maximum atomic E-state index is 12.0. The Balaban J connectivity index is 1.95. The third-order valence-corrected chi connectivity index (χ3v) is 3.51. The van der Waals surface area contributed by atoms with E-state index in [0.717, 1.165) is 5.56 Å². The van der Waals surface area contributed by atoms with Gasteiger partial charge in [-0.2, -0.15) is 0 Å². The van der Waals surface area contributed by atoms with Crippen LogP contribution in [0.5, 0.6) is 17.2 Å². The summed E-state index contributed by atoms with van der Waals surface area (Å²) in [5.41, 5.74) is 1.40. The molecule has 0 saturated heterocycles. The highest BCUT2D eigenvalue weighted by Crippen LogP contribution is 2.27. The van der Waals surface area contributed by atoms with Gasteiger partial charge in [-0.15, -0.1) is 0 Å². The quantitative estimate of drug-likeness (QED) is 0.566. The third-order valence-electron chi connectivity index (χ3n) is 3.51. The number of phenols is 2. The first-order chi connectivity index (χ1) is 12.3. The molecule has 7 nitrogen and oxygen atoms in total. The minimum atomic E-state index is -1.15. The number of carbonyl (C=O) groups is 2. The van der Waals surface area contributed by atoms with Crippen LogP contribution >= 0.6 is 0 Å². The van der Waals surface area contributed by atoms with Crippen LogP contribution in [-0.4, -0.2) is 33.8 Å². The van der Waals surface area contributed by atoms with Crippen molar-refractivity contribution in [3.8, 4) is 17.2 Å². The first-order valence-electron chi connectivity index (χ1n) is 7.80. The lowest BCUT2D eigenvalue weighted by molar-refractivity contribution is -0.139. The molecule has 0 spiro atoms. The lowest BCUT2D eigenvalue weighted by Gasteiger charge is -2.12. The van der Waals surface area contributed by atoms with Crippen LogP contribution in [0.15, 0.2) is 48.5 Å². The zero-order chi connectivity index (χ0) is 19.1. The maximum absolute atomic E-state index is 12.0. The number of aliphatic carboxylic acids is 1. The number of carboxylic acids is 1. The van der Waals surface area contributed by atoms with Gasteiger partial charge in [0.15, 0.2) is 18.1 Å². The summed E-state index contributed by atoms with van der Waals surface area (Å²) < 4.78 is 4.92. The first kappa shape index (κ1) is 18.9. The fourth-order valence-corrected chi connectivity index (χ4v) is 2.18. The van der Waals surface area contributed by atoms with Gasteiger partial charge in [0.2, 0.25) is 5.91 Å². The molecule has 7 heteroatoms. The van der Waals surface area contributed by atoms with E-state index in [1.54, 1.807) is 30.3 Å². The van der Waals surface area contributed by atoms with E-state index in [1.165, 1.54) is 24.3 Å². The fourth-order valence-electron chi connectivity index (χ4n) is 2.18. The average molecular weight is 357 g/mol. The van der Waals surface area contributed by atoms with Crippen LogP contribution in [0.4, 0.5) is 0 Å². The average Bonchev–Trinajstić information content (AvgIpc) is 2.59. The van der Waals surface area contributed by atoms with Gasteiger partial charge in [-0.3, -0.25) is 4.79 Å². The van der Waals surface area contributed by atoms with Crippen molar-refractivity contribution in [1.29, 1.82) is 0 Å². The van der Waals surface area contributed by atoms with Crippen LogP contribution in [0.25, 0.3) is 6.08 Å². The molecular formula is C19H19NO6. The smallest absolute Gasteiger partial charge is 0.341 e. The van der Waals surface area contributed by atoms with Crippen molar-refractivity contribution in [2.75, 3.05) is 6.61 Å². The highest BCUT2D eigenvalue weighted by Gasteiger charge is 2.08. The molecule has 1 amide bonds. The molecule has 0 fully saturated rings. The number of aromatic hydroxyl groups is 2. The van der Waals surface area contributed by atoms with Crippen LogP contribution in [0.1, 0.15) is 24.1 Å². The molecular weight excluding hydrogens is 338 g/mol. The van der Waals surface area contributed by atoms with Crippen molar-refractivity contribution in [3.63, 3.8) is 0 Å². The molecule has 0 aromatic heterocycles. The van der Waals surface area contributed by atoms with E-state index in [1.807, 2.05) is 6.92 Å². The molecule has 0 saturated carbocycles. The van der Waals surface area contributed by atoms with E-state index in [9.17, 15) is 19.8 Å². The molecule has 0 heterocycles. The van der Waals surface area contributed by atoms with Crippen molar-refractivity contribution in [3.05, 3.63) is 59.7 Å². The topological polar surface area (TPSA) is 116 Å². The van der Waals surface area contributed by atoms with Crippen molar-refractivity contribution in [1.82, 2.24) is 5.32 Å². The Kier molecular flexibility index (Phi) is 6.21. The molecule has 0 radical (unpaired) electrons. The maximum Gasteiger partial charge on any atom is 0.341 e. The predicted octanol–water partition coefficient (Wildman–Crippen LogP) is 2.45. The highest BCUT2D eigenvalue weighted by molar-refractivity contribution is 5.92. The number of rotatable bonds is 7. The van der Waals surface area contributed by atoms with E-state index in [4.69, 9.17) is 9.84 Å². The third kappa shape index (κ3) is 5.55. The van der Waals surface area contributed by atoms with Gasteiger partial charge in [0, 0.05) is 6.08 Å². The van der Waals surface area contributed by atoms with E-state index < -0.39 is 12.6 Å². The Morgan fingerprint density at radius 3 is 2.46 bits per heavy atom. The zero-order valence-electron chi connectivity index (χ0n) is 14.0. The Morgan fingerprint density at radius 2 is 1.85 bits per heavy atom. The molecule has 136 valence electrons. The van der Waals surface area contributed by atoms with E-state index >= 15 is 0 Å². The molecule has 0 bridgehead atoms. The second-order valence-electron chi connectivity index (χ2n) is 5.56. The van der Waals surface area contributed by atoms with Gasteiger partial charge in [-0.05, 0) is 48.4 Å². The van der Waals surface area contributed by atoms with Gasteiger partial charge < -0.3 is 25.4 Å². The number of amides is 1. The molecule has 0 aliphatic heterocycles. The molecule has 0 aliphatic rings. The largest absolute Gasteiger partial charge is 0.508 e. The summed E-state index contributed by atoms with van der Waals surface area (Å²) >= 11 is 0. The molecule has 1 unspecified atom stereocenters. The number of carbonyl (C=O) groups excluding carboxylic acids is 1. The van der Waals surface area contributed by atoms with Crippen LogP contribution in [0.3, 0.4) is 0 Å². The van der Waals surface area contributed by atoms with Gasteiger partial charge in [-0.1, -0.05) is 18.2 Å². The summed E-state index contributed by atoms with van der Waals surface area (Å²) in [7, 11) is 0. The van der Waals surface area contributed by atoms with Gasteiger partial charge in [0.05, 0.1) is 6.04 Å². The number of hydrogen-bond acceptors (Lipinski definition) is 5. The van der Waals surface area contributed by atoms with Crippen molar-refractivity contribution in [2.24, 2.45) is 0 Å². The number of nitrogens with one attached hydrogen (secondary N) is 1. The second kappa shape index (κ2) is 8.57. The van der Waals surface area contributed by atoms with Gasteiger partial charge in [-0.25, -0.2) is 4.79 Å². The number of hydrogen-bond donors (Lipinski definition) is 4. The minimum absolute atomic E-state index is 0.0509. The van der Waals surface area contributed by atoms with Gasteiger partial charge in [0.25, 0.3) is 0 Å².